The van der Waals surface area contributed by atoms with Gasteiger partial charge in [-0.3, -0.25) is 0 Å². The van der Waals surface area contributed by atoms with E-state index in [-0.39, 0.29) is 6.09 Å². The van der Waals surface area contributed by atoms with Gasteiger partial charge >= 0.3 is 6.09 Å². The lowest BCUT2D eigenvalue weighted by Crippen LogP contribution is -2.33. The molecule has 1 aliphatic carbocycles. The van der Waals surface area contributed by atoms with Crippen LogP contribution in [0.15, 0.2) is 47.1 Å². The lowest BCUT2D eigenvalue weighted by atomic mass is 10.1. The smallest absolute Gasteiger partial charge is 0.407 e. The molecule has 0 bridgehead atoms. The molecule has 0 saturated heterocycles. The molecular weight excluding hydrogens is 290 g/mol. The van der Waals surface area contributed by atoms with Crippen molar-refractivity contribution in [2.45, 2.75) is 38.7 Å². The van der Waals surface area contributed by atoms with Gasteiger partial charge in [0.25, 0.3) is 0 Å². The molecule has 2 atom stereocenters. The Balaban J connectivity index is 1.50. The number of nitrogens with one attached hydrogen (secondary N) is 1. The summed E-state index contributed by atoms with van der Waals surface area (Å²) in [6.07, 6.45) is 2.45. The topological polar surface area (TPSA) is 51.5 Å². The normalized spacial score (nSPS) is 20.1. The summed E-state index contributed by atoms with van der Waals surface area (Å²) in [6, 6.07) is 12.3. The Morgan fingerprint density at radius 3 is 2.61 bits per heavy atom. The first-order valence-electron chi connectivity index (χ1n) is 8.03. The van der Waals surface area contributed by atoms with Gasteiger partial charge in [-0.2, -0.15) is 0 Å². The van der Waals surface area contributed by atoms with Gasteiger partial charge in [-0.15, -0.1) is 0 Å². The lowest BCUT2D eigenvalue weighted by Gasteiger charge is -2.19. The minimum Gasteiger partial charge on any atom is -0.464 e. The second-order valence-electron chi connectivity index (χ2n) is 7.08. The number of hydrogen-bond donors (Lipinski definition) is 1. The predicted octanol–water partition coefficient (Wildman–Crippen LogP) is 4.57. The standard InChI is InChI=1S/C19H23NO3/c1-19(2,3)23-18(21)20-12-15-11-16(15)13-6-8-14(9-7-13)17-5-4-10-22-17/h4-10,15-16H,11-12H2,1-3H3,(H,20,21)/t15-,16-/m0/s1. The molecule has 0 radical (unpaired) electrons. The Bertz CT molecular complexity index is 653. The summed E-state index contributed by atoms with van der Waals surface area (Å²) in [7, 11) is 0. The second-order valence-corrected chi connectivity index (χ2v) is 7.08. The monoisotopic (exact) mass is 313 g/mol. The summed E-state index contributed by atoms with van der Waals surface area (Å²) >= 11 is 0. The molecule has 0 aliphatic heterocycles. The highest BCUT2D eigenvalue weighted by molar-refractivity contribution is 5.67. The van der Waals surface area contributed by atoms with Gasteiger partial charge < -0.3 is 14.5 Å². The van der Waals surface area contributed by atoms with Gasteiger partial charge in [0, 0.05) is 12.1 Å². The van der Waals surface area contributed by atoms with E-state index in [1.807, 2.05) is 32.9 Å². The predicted molar refractivity (Wildman–Crippen MR) is 89.2 cm³/mol. The lowest BCUT2D eigenvalue weighted by molar-refractivity contribution is 0.0525. The fourth-order valence-electron chi connectivity index (χ4n) is 2.75. The molecule has 23 heavy (non-hydrogen) atoms. The molecule has 3 rings (SSSR count). The summed E-state index contributed by atoms with van der Waals surface area (Å²) in [5, 5.41) is 2.86. The molecule has 1 heterocycles. The number of ether oxygens (including phenoxy) is 1. The van der Waals surface area contributed by atoms with Crippen LogP contribution in [0.4, 0.5) is 4.79 Å². The number of alkyl carbamates (subject to hydrolysis) is 1. The molecule has 2 aromatic rings. The zero-order valence-corrected chi connectivity index (χ0v) is 13.8. The van der Waals surface area contributed by atoms with Crippen molar-refractivity contribution in [2.75, 3.05) is 6.54 Å². The summed E-state index contributed by atoms with van der Waals surface area (Å²) in [5.74, 6) is 1.91. The SMILES string of the molecule is CC(C)(C)OC(=O)NC[C@@H]1C[C@H]1c1ccc(-c2ccco2)cc1. The molecule has 0 spiro atoms. The molecule has 0 unspecified atom stereocenters. The quantitative estimate of drug-likeness (QED) is 0.899. The summed E-state index contributed by atoms with van der Waals surface area (Å²) in [5.41, 5.74) is 1.95. The first kappa shape index (κ1) is 15.7. The van der Waals surface area contributed by atoms with Crippen LogP contribution < -0.4 is 5.32 Å². The minimum atomic E-state index is -0.450. The third kappa shape index (κ3) is 4.15. The van der Waals surface area contributed by atoms with Gasteiger partial charge in [-0.25, -0.2) is 4.79 Å². The Morgan fingerprint density at radius 1 is 1.26 bits per heavy atom. The minimum absolute atomic E-state index is 0.337. The van der Waals surface area contributed by atoms with E-state index < -0.39 is 5.60 Å². The maximum atomic E-state index is 11.7. The first-order valence-corrected chi connectivity index (χ1v) is 8.03. The van der Waals surface area contributed by atoms with Gasteiger partial charge in [-0.05, 0) is 56.7 Å². The molecule has 4 heteroatoms. The molecule has 1 aromatic heterocycles. The van der Waals surface area contributed by atoms with Crippen molar-refractivity contribution >= 4 is 6.09 Å². The molecule has 122 valence electrons. The number of rotatable bonds is 4. The second kappa shape index (κ2) is 6.11. The van der Waals surface area contributed by atoms with E-state index in [2.05, 4.69) is 29.6 Å². The van der Waals surface area contributed by atoms with E-state index in [9.17, 15) is 4.79 Å². The Kier molecular flexibility index (Phi) is 4.16. The highest BCUT2D eigenvalue weighted by Crippen LogP contribution is 2.47. The van der Waals surface area contributed by atoms with E-state index in [1.54, 1.807) is 6.26 Å². The van der Waals surface area contributed by atoms with Crippen LogP contribution in [0.3, 0.4) is 0 Å². The van der Waals surface area contributed by atoms with Crippen molar-refractivity contribution in [1.29, 1.82) is 0 Å². The summed E-state index contributed by atoms with van der Waals surface area (Å²) < 4.78 is 10.7. The van der Waals surface area contributed by atoms with E-state index in [0.29, 0.717) is 18.4 Å². The maximum Gasteiger partial charge on any atom is 0.407 e. The van der Waals surface area contributed by atoms with Gasteiger partial charge in [-0.1, -0.05) is 24.3 Å². The van der Waals surface area contributed by atoms with Gasteiger partial charge in [0.15, 0.2) is 0 Å². The average molecular weight is 313 g/mol. The number of carbonyl (C=O) groups is 1. The number of hydrogen-bond acceptors (Lipinski definition) is 3. The Morgan fingerprint density at radius 2 is 2.00 bits per heavy atom. The molecule has 1 amide bonds. The van der Waals surface area contributed by atoms with Crippen LogP contribution in [-0.4, -0.2) is 18.2 Å². The fourth-order valence-corrected chi connectivity index (χ4v) is 2.75. The Hall–Kier alpha value is -2.23. The molecule has 1 aliphatic rings. The third-order valence-corrected chi connectivity index (χ3v) is 3.97. The largest absolute Gasteiger partial charge is 0.464 e. The van der Waals surface area contributed by atoms with Crippen molar-refractivity contribution < 1.29 is 13.9 Å². The molecule has 1 fully saturated rings. The van der Waals surface area contributed by atoms with E-state index >= 15 is 0 Å². The zero-order valence-electron chi connectivity index (χ0n) is 13.8. The molecular formula is C19H23NO3. The van der Waals surface area contributed by atoms with Crippen LogP contribution in [0.2, 0.25) is 0 Å². The van der Waals surface area contributed by atoms with Gasteiger partial charge in [0.1, 0.15) is 11.4 Å². The van der Waals surface area contributed by atoms with Crippen LogP contribution in [-0.2, 0) is 4.74 Å². The van der Waals surface area contributed by atoms with Crippen LogP contribution >= 0.6 is 0 Å². The van der Waals surface area contributed by atoms with Gasteiger partial charge in [0.2, 0.25) is 0 Å². The molecule has 4 nitrogen and oxygen atoms in total. The van der Waals surface area contributed by atoms with Gasteiger partial charge in [0.05, 0.1) is 6.26 Å². The molecule has 1 N–H and O–H groups in total. The van der Waals surface area contributed by atoms with E-state index in [1.165, 1.54) is 5.56 Å². The number of benzene rings is 1. The molecule has 1 saturated carbocycles. The first-order chi connectivity index (χ1) is 10.9. The maximum absolute atomic E-state index is 11.7. The summed E-state index contributed by atoms with van der Waals surface area (Å²) in [4.78, 5) is 11.7. The number of furan rings is 1. The van der Waals surface area contributed by atoms with Crippen LogP contribution in [0.25, 0.3) is 11.3 Å². The van der Waals surface area contributed by atoms with Crippen molar-refractivity contribution in [3.63, 3.8) is 0 Å². The van der Waals surface area contributed by atoms with Crippen LogP contribution in [0.5, 0.6) is 0 Å². The van der Waals surface area contributed by atoms with Crippen molar-refractivity contribution in [2.24, 2.45) is 5.92 Å². The Labute approximate surface area is 136 Å². The molecule has 1 aromatic carbocycles. The van der Waals surface area contributed by atoms with Crippen LogP contribution in [0, 0.1) is 5.92 Å². The fraction of sp³-hybridized carbons (Fsp3) is 0.421. The van der Waals surface area contributed by atoms with Crippen LogP contribution in [0.1, 0.15) is 38.7 Å². The van der Waals surface area contributed by atoms with Crippen molar-refractivity contribution in [3.8, 4) is 11.3 Å². The summed E-state index contributed by atoms with van der Waals surface area (Å²) in [6.45, 7) is 6.27. The number of amides is 1. The van der Waals surface area contributed by atoms with Crippen molar-refractivity contribution in [3.05, 3.63) is 48.2 Å². The van der Waals surface area contributed by atoms with E-state index in [4.69, 9.17) is 9.15 Å². The number of carbonyl (C=O) groups excluding carboxylic acids is 1. The third-order valence-electron chi connectivity index (χ3n) is 3.97. The average Bonchev–Trinajstić information content (AvgIpc) is 3.05. The zero-order chi connectivity index (χ0) is 16.4. The van der Waals surface area contributed by atoms with E-state index in [0.717, 1.165) is 17.7 Å². The highest BCUT2D eigenvalue weighted by Gasteiger charge is 2.38. The highest BCUT2D eigenvalue weighted by atomic mass is 16.6. The van der Waals surface area contributed by atoms with Crippen molar-refractivity contribution in [1.82, 2.24) is 5.32 Å².